The first kappa shape index (κ1) is 22.9. The number of aromatic nitrogens is 1. The number of benzene rings is 3. The lowest BCUT2D eigenvalue weighted by Crippen LogP contribution is -2.21. The van der Waals surface area contributed by atoms with E-state index < -0.39 is 11.9 Å². The zero-order chi connectivity index (χ0) is 25.2. The first-order valence-corrected chi connectivity index (χ1v) is 10.9. The highest BCUT2D eigenvalue weighted by molar-refractivity contribution is 6.09. The molecule has 1 N–H and O–H groups in total. The van der Waals surface area contributed by atoms with E-state index in [2.05, 4.69) is 10.3 Å². The van der Waals surface area contributed by atoms with Crippen LogP contribution < -0.4 is 10.1 Å². The van der Waals surface area contributed by atoms with Crippen LogP contribution in [0.3, 0.4) is 0 Å². The van der Waals surface area contributed by atoms with Crippen LogP contribution in [0, 0.1) is 11.6 Å². The Balaban J connectivity index is 1.55. The van der Waals surface area contributed by atoms with Gasteiger partial charge in [-0.3, -0.25) is 9.78 Å². The Kier molecular flexibility index (Phi) is 6.00. The zero-order valence-corrected chi connectivity index (χ0v) is 18.9. The van der Waals surface area contributed by atoms with E-state index in [1.807, 2.05) is 12.1 Å². The minimum absolute atomic E-state index is 0.00179. The van der Waals surface area contributed by atoms with Gasteiger partial charge in [0.25, 0.3) is 5.95 Å². The molecule has 2 aromatic heterocycles. The maximum Gasteiger partial charge on any atom is 0.414 e. The number of amides is 1. The number of ketones is 1. The normalized spacial score (nSPS) is 10.9. The molecule has 0 saturated heterocycles. The molecule has 1 amide bonds. The summed E-state index contributed by atoms with van der Waals surface area (Å²) in [6, 6.07) is 19.8. The predicted octanol–water partition coefficient (Wildman–Crippen LogP) is 6.39. The minimum Gasteiger partial charge on any atom is -0.425 e. The van der Waals surface area contributed by atoms with Gasteiger partial charge in [-0.05, 0) is 66.2 Å². The van der Waals surface area contributed by atoms with Crippen LogP contribution in [0.4, 0.5) is 13.6 Å². The molecule has 0 unspecified atom stereocenters. The topological polar surface area (TPSA) is 81.4 Å². The number of hydrogen-bond acceptors (Lipinski definition) is 5. The van der Waals surface area contributed by atoms with Crippen LogP contribution in [0.2, 0.25) is 0 Å². The van der Waals surface area contributed by atoms with Crippen molar-refractivity contribution in [3.8, 4) is 28.3 Å². The molecular weight excluding hydrogens is 466 g/mol. The Hall–Kier alpha value is -4.85. The molecule has 178 valence electrons. The van der Waals surface area contributed by atoms with Crippen LogP contribution in [-0.4, -0.2) is 23.9 Å². The van der Waals surface area contributed by atoms with E-state index in [4.69, 9.17) is 9.15 Å². The molecule has 0 aliphatic heterocycles. The number of ether oxygens (including phenoxy) is 1. The summed E-state index contributed by atoms with van der Waals surface area (Å²) in [5.74, 6) is -1.08. The van der Waals surface area contributed by atoms with Gasteiger partial charge in [-0.2, -0.15) is 0 Å². The van der Waals surface area contributed by atoms with Crippen molar-refractivity contribution >= 4 is 22.8 Å². The molecule has 0 fully saturated rings. The molecule has 5 aromatic rings. The zero-order valence-electron chi connectivity index (χ0n) is 18.9. The van der Waals surface area contributed by atoms with Crippen molar-refractivity contribution in [3.05, 3.63) is 108 Å². The quantitative estimate of drug-likeness (QED) is 0.293. The second-order valence-electron chi connectivity index (χ2n) is 7.92. The number of nitrogens with one attached hydrogen (secondary N) is 1. The third-order valence-corrected chi connectivity index (χ3v) is 5.57. The lowest BCUT2D eigenvalue weighted by molar-refractivity contribution is 0.103. The van der Waals surface area contributed by atoms with E-state index >= 15 is 0 Å². The Labute approximate surface area is 204 Å². The van der Waals surface area contributed by atoms with Crippen molar-refractivity contribution in [2.45, 2.75) is 0 Å². The molecule has 8 heteroatoms. The highest BCUT2D eigenvalue weighted by atomic mass is 19.1. The molecule has 0 radical (unpaired) electrons. The van der Waals surface area contributed by atoms with Crippen molar-refractivity contribution < 1.29 is 27.5 Å². The summed E-state index contributed by atoms with van der Waals surface area (Å²) >= 11 is 0. The molecule has 0 spiro atoms. The van der Waals surface area contributed by atoms with E-state index in [0.29, 0.717) is 44.5 Å². The molecule has 36 heavy (non-hydrogen) atoms. The number of carbonyl (C=O) groups is 2. The van der Waals surface area contributed by atoms with Gasteiger partial charge in [0.2, 0.25) is 0 Å². The van der Waals surface area contributed by atoms with E-state index in [1.54, 1.807) is 30.3 Å². The van der Waals surface area contributed by atoms with Crippen molar-refractivity contribution in [1.82, 2.24) is 10.3 Å². The van der Waals surface area contributed by atoms with Gasteiger partial charge in [0.1, 0.15) is 17.2 Å². The van der Waals surface area contributed by atoms with E-state index in [9.17, 15) is 18.4 Å². The Morgan fingerprint density at radius 2 is 1.50 bits per heavy atom. The first-order valence-electron chi connectivity index (χ1n) is 10.9. The Morgan fingerprint density at radius 1 is 0.833 bits per heavy atom. The molecule has 3 aromatic carbocycles. The largest absolute Gasteiger partial charge is 0.425 e. The molecule has 6 nitrogen and oxygen atoms in total. The summed E-state index contributed by atoms with van der Waals surface area (Å²) in [6.45, 7) is 0. The van der Waals surface area contributed by atoms with Crippen LogP contribution in [0.15, 0.2) is 89.5 Å². The van der Waals surface area contributed by atoms with Crippen molar-refractivity contribution in [3.63, 3.8) is 0 Å². The van der Waals surface area contributed by atoms with Crippen LogP contribution in [-0.2, 0) is 0 Å². The smallest absolute Gasteiger partial charge is 0.414 e. The van der Waals surface area contributed by atoms with Crippen molar-refractivity contribution in [2.24, 2.45) is 0 Å². The lowest BCUT2D eigenvalue weighted by Gasteiger charge is -2.08. The highest BCUT2D eigenvalue weighted by Gasteiger charge is 2.17. The van der Waals surface area contributed by atoms with Crippen molar-refractivity contribution in [2.75, 3.05) is 7.05 Å². The average Bonchev–Trinajstić information content (AvgIpc) is 3.31. The Morgan fingerprint density at radius 3 is 2.14 bits per heavy atom. The summed E-state index contributed by atoms with van der Waals surface area (Å²) in [4.78, 5) is 28.8. The molecule has 0 aliphatic carbocycles. The van der Waals surface area contributed by atoms with E-state index in [1.165, 1.54) is 49.6 Å². The summed E-state index contributed by atoms with van der Waals surface area (Å²) in [7, 11) is 1.43. The standard InChI is InChI=1S/C28H18F2N2O4/c1-31-28(34)36-25-14-20-12-19(13-23(27(20)35-25)16-2-7-21(29)8-3-16)24-11-6-18(15-32-24)26(33)17-4-9-22(30)10-5-17/h2-15H,1H3,(H,31,34). The number of pyridine rings is 1. The molecule has 2 heterocycles. The number of fused-ring (bicyclic) bond motifs is 1. The van der Waals surface area contributed by atoms with Crippen LogP contribution >= 0.6 is 0 Å². The predicted molar refractivity (Wildman–Crippen MR) is 130 cm³/mol. The van der Waals surface area contributed by atoms with Gasteiger partial charge in [-0.15, -0.1) is 0 Å². The van der Waals surface area contributed by atoms with Crippen molar-refractivity contribution in [1.29, 1.82) is 0 Å². The number of rotatable bonds is 5. The number of furan rings is 1. The number of hydrogen-bond donors (Lipinski definition) is 1. The fraction of sp³-hybridized carbons (Fsp3) is 0.0357. The third kappa shape index (κ3) is 4.56. The fourth-order valence-corrected chi connectivity index (χ4v) is 3.78. The summed E-state index contributed by atoms with van der Waals surface area (Å²) < 4.78 is 37.7. The van der Waals surface area contributed by atoms with E-state index in [0.717, 1.165) is 0 Å². The van der Waals surface area contributed by atoms with Crippen LogP contribution in [0.25, 0.3) is 33.4 Å². The minimum atomic E-state index is -0.680. The maximum atomic E-state index is 13.5. The summed E-state index contributed by atoms with van der Waals surface area (Å²) in [6.07, 6.45) is 0.777. The van der Waals surface area contributed by atoms with Gasteiger partial charge in [-0.1, -0.05) is 12.1 Å². The molecule has 0 atom stereocenters. The molecule has 0 aliphatic rings. The molecule has 0 saturated carbocycles. The van der Waals surface area contributed by atoms with Gasteiger partial charge in [0, 0.05) is 47.0 Å². The average molecular weight is 484 g/mol. The highest BCUT2D eigenvalue weighted by Crippen LogP contribution is 2.37. The van der Waals surface area contributed by atoms with Gasteiger partial charge in [0.05, 0.1) is 5.69 Å². The molecule has 0 bridgehead atoms. The first-order chi connectivity index (χ1) is 17.4. The third-order valence-electron chi connectivity index (χ3n) is 5.57. The number of halogens is 2. The summed E-state index contributed by atoms with van der Waals surface area (Å²) in [5, 5.41) is 3.00. The SMILES string of the molecule is CNC(=O)Oc1cc2cc(-c3ccc(C(=O)c4ccc(F)cc4)cn3)cc(-c3ccc(F)cc3)c2o1. The fourth-order valence-electron chi connectivity index (χ4n) is 3.78. The Bertz CT molecular complexity index is 1580. The lowest BCUT2D eigenvalue weighted by atomic mass is 9.98. The van der Waals surface area contributed by atoms with Gasteiger partial charge >= 0.3 is 6.09 Å². The monoisotopic (exact) mass is 484 g/mol. The second-order valence-corrected chi connectivity index (χ2v) is 7.92. The molecular formula is C28H18F2N2O4. The van der Waals surface area contributed by atoms with Gasteiger partial charge in [0.15, 0.2) is 5.78 Å². The van der Waals surface area contributed by atoms with Crippen LogP contribution in [0.1, 0.15) is 15.9 Å². The summed E-state index contributed by atoms with van der Waals surface area (Å²) in [5.41, 5.74) is 3.77. The number of nitrogens with zero attached hydrogens (tertiary/aromatic N) is 1. The van der Waals surface area contributed by atoms with Gasteiger partial charge in [-0.25, -0.2) is 13.6 Å². The number of carbonyl (C=O) groups excluding carboxylic acids is 2. The van der Waals surface area contributed by atoms with Gasteiger partial charge < -0.3 is 14.5 Å². The second kappa shape index (κ2) is 9.42. The maximum absolute atomic E-state index is 13.5. The van der Waals surface area contributed by atoms with E-state index in [-0.39, 0.29) is 17.5 Å². The molecule has 5 rings (SSSR count). The van der Waals surface area contributed by atoms with Crippen LogP contribution in [0.5, 0.6) is 5.95 Å².